The van der Waals surface area contributed by atoms with Crippen LogP contribution in [0.5, 0.6) is 5.75 Å². The molecule has 1 atom stereocenters. The summed E-state index contributed by atoms with van der Waals surface area (Å²) in [4.78, 5) is 59.9. The Kier molecular flexibility index (Phi) is 11.6. The molecule has 3 amide bonds. The lowest BCUT2D eigenvalue weighted by molar-refractivity contribution is -0.164. The predicted octanol–water partition coefficient (Wildman–Crippen LogP) is 5.28. The van der Waals surface area contributed by atoms with E-state index in [0.29, 0.717) is 50.3 Å². The number of ether oxygens (including phenoxy) is 1. The molecule has 0 radical (unpaired) electrons. The summed E-state index contributed by atoms with van der Waals surface area (Å²) in [5.41, 5.74) is 1.87. The van der Waals surface area contributed by atoms with Gasteiger partial charge in [-0.25, -0.2) is 4.98 Å². The van der Waals surface area contributed by atoms with Gasteiger partial charge >= 0.3 is 0 Å². The Morgan fingerprint density at radius 2 is 1.72 bits per heavy atom. The molecule has 2 N–H and O–H groups in total. The lowest BCUT2D eigenvalue weighted by Crippen LogP contribution is -2.74. The molecular weight excluding hydrogens is 794 g/mol. The minimum atomic E-state index is -0.843. The van der Waals surface area contributed by atoms with Crippen molar-refractivity contribution in [3.05, 3.63) is 86.9 Å². The topological polar surface area (TPSA) is 175 Å². The third kappa shape index (κ3) is 8.57. The average Bonchev–Trinajstić information content (AvgIpc) is 3.25. The summed E-state index contributed by atoms with van der Waals surface area (Å²) in [6, 6.07) is 15.3. The van der Waals surface area contributed by atoms with Crippen molar-refractivity contribution in [1.29, 1.82) is 5.26 Å². The number of hydrogen-bond donors (Lipinski definition) is 2. The fourth-order valence-corrected chi connectivity index (χ4v) is 10.2. The van der Waals surface area contributed by atoms with Gasteiger partial charge in [0.05, 0.1) is 21.5 Å². The molecule has 1 unspecified atom stereocenters. The van der Waals surface area contributed by atoms with Gasteiger partial charge in [-0.15, -0.1) is 5.10 Å². The zero-order valence-electron chi connectivity index (χ0n) is 34.9. The van der Waals surface area contributed by atoms with Crippen molar-refractivity contribution in [3.8, 4) is 23.7 Å². The molecule has 3 saturated heterocycles. The van der Waals surface area contributed by atoms with E-state index in [1.54, 1.807) is 36.5 Å². The number of hydrogen-bond acceptors (Lipinski definition) is 11. The predicted molar refractivity (Wildman–Crippen MR) is 230 cm³/mol. The van der Waals surface area contributed by atoms with E-state index in [1.807, 2.05) is 18.2 Å². The number of likely N-dealkylation sites (tertiary alicyclic amines) is 1. The first kappa shape index (κ1) is 41.9. The number of benzene rings is 2. The van der Waals surface area contributed by atoms with Gasteiger partial charge in [0.2, 0.25) is 5.91 Å². The largest absolute Gasteiger partial charge is 0.489 e. The van der Waals surface area contributed by atoms with Gasteiger partial charge in [-0.2, -0.15) is 9.94 Å². The summed E-state index contributed by atoms with van der Waals surface area (Å²) in [5.74, 6) is 7.10. The molecule has 4 aromatic rings. The van der Waals surface area contributed by atoms with Crippen LogP contribution >= 0.6 is 11.6 Å². The summed E-state index contributed by atoms with van der Waals surface area (Å²) in [5, 5.41) is 23.8. The van der Waals surface area contributed by atoms with Crippen molar-refractivity contribution in [2.24, 2.45) is 22.7 Å². The maximum atomic E-state index is 13.4. The van der Waals surface area contributed by atoms with Crippen molar-refractivity contribution in [1.82, 2.24) is 35.5 Å². The van der Waals surface area contributed by atoms with Crippen LogP contribution in [0.1, 0.15) is 93.9 Å². The van der Waals surface area contributed by atoms with E-state index < -0.39 is 11.9 Å². The van der Waals surface area contributed by atoms with E-state index in [4.69, 9.17) is 16.3 Å². The Labute approximate surface area is 360 Å². The van der Waals surface area contributed by atoms with Gasteiger partial charge in [0.15, 0.2) is 0 Å². The number of nitrogens with one attached hydrogen (secondary N) is 2. The van der Waals surface area contributed by atoms with Gasteiger partial charge in [-0.3, -0.25) is 24.5 Å². The zero-order valence-corrected chi connectivity index (χ0v) is 35.7. The molecule has 1 saturated carbocycles. The molecule has 2 aromatic heterocycles. The van der Waals surface area contributed by atoms with Gasteiger partial charge in [-0.05, 0) is 99.5 Å². The van der Waals surface area contributed by atoms with Crippen molar-refractivity contribution in [2.45, 2.75) is 84.4 Å². The average molecular weight is 844 g/mol. The van der Waals surface area contributed by atoms with Crippen molar-refractivity contribution >= 4 is 45.9 Å². The smallest absolute Gasteiger partial charge is 0.278 e. The Balaban J connectivity index is 0.777. The molecule has 14 nitrogen and oxygen atoms in total. The van der Waals surface area contributed by atoms with Crippen LogP contribution in [0.4, 0.5) is 5.69 Å². The molecule has 15 heteroatoms. The van der Waals surface area contributed by atoms with Crippen molar-refractivity contribution < 1.29 is 19.1 Å². The van der Waals surface area contributed by atoms with Crippen LogP contribution in [0.2, 0.25) is 5.02 Å². The fourth-order valence-electron chi connectivity index (χ4n) is 9.95. The van der Waals surface area contributed by atoms with E-state index in [1.165, 1.54) is 0 Å². The van der Waals surface area contributed by atoms with E-state index in [2.05, 4.69) is 81.3 Å². The number of halogens is 1. The number of pyridine rings is 1. The number of nitrogens with zero attached hydrogens (tertiary/aromatic N) is 7. The molecule has 1 aliphatic carbocycles. The lowest BCUT2D eigenvalue weighted by Gasteiger charge is -2.63. The SMILES string of the molecule is CC1(C)C(NC(=O)c2ccc(C#CC3CCN(CC4CCN(c5ccc6c(=O)n(C7CCC(=O)NC7=O)nnc6c5)CC4)CC3)nc2)C(C)(C)C1Oc1ccc(C#N)c(Cl)c1. The maximum absolute atomic E-state index is 13.4. The quantitative estimate of drug-likeness (QED) is 0.174. The minimum Gasteiger partial charge on any atom is -0.489 e. The number of imide groups is 1. The monoisotopic (exact) mass is 843 g/mol. The summed E-state index contributed by atoms with van der Waals surface area (Å²) in [7, 11) is 0. The molecule has 8 rings (SSSR count). The van der Waals surface area contributed by atoms with Crippen LogP contribution in [0.25, 0.3) is 10.9 Å². The van der Waals surface area contributed by atoms with Crippen LogP contribution in [-0.2, 0) is 9.59 Å². The third-order valence-corrected chi connectivity index (χ3v) is 13.4. The van der Waals surface area contributed by atoms with Gasteiger partial charge in [0.25, 0.3) is 17.4 Å². The van der Waals surface area contributed by atoms with Crippen molar-refractivity contribution in [2.75, 3.05) is 37.6 Å². The molecule has 4 fully saturated rings. The molecule has 0 bridgehead atoms. The second-order valence-corrected chi connectivity index (χ2v) is 18.4. The number of carbonyl (C=O) groups is 3. The number of aromatic nitrogens is 4. The van der Waals surface area contributed by atoms with Gasteiger partial charge < -0.3 is 19.9 Å². The molecule has 61 heavy (non-hydrogen) atoms. The van der Waals surface area contributed by atoms with Crippen molar-refractivity contribution in [3.63, 3.8) is 0 Å². The zero-order chi connectivity index (χ0) is 43.1. The Bertz CT molecular complexity index is 2510. The number of nitriles is 1. The molecule has 3 aliphatic heterocycles. The van der Waals surface area contributed by atoms with Gasteiger partial charge in [0, 0.05) is 66.8 Å². The summed E-state index contributed by atoms with van der Waals surface area (Å²) in [6.45, 7) is 13.2. The normalized spacial score (nSPS) is 23.0. The molecular formula is C46H50ClN9O5. The first-order chi connectivity index (χ1) is 29.2. The number of carbonyl (C=O) groups excluding carboxylic acids is 3. The summed E-state index contributed by atoms with van der Waals surface area (Å²) >= 11 is 6.24. The van der Waals surface area contributed by atoms with E-state index >= 15 is 0 Å². The maximum Gasteiger partial charge on any atom is 0.278 e. The molecule has 5 heterocycles. The Hall–Kier alpha value is -5.83. The summed E-state index contributed by atoms with van der Waals surface area (Å²) in [6.07, 6.45) is 5.93. The Morgan fingerprint density at radius 1 is 0.967 bits per heavy atom. The fraction of sp³-hybridized carbons (Fsp3) is 0.478. The summed E-state index contributed by atoms with van der Waals surface area (Å²) < 4.78 is 7.45. The van der Waals surface area contributed by atoms with Crippen LogP contribution in [0.15, 0.2) is 59.5 Å². The molecule has 4 aliphatic rings. The van der Waals surface area contributed by atoms with E-state index in [9.17, 15) is 24.4 Å². The van der Waals surface area contributed by atoms with Crippen LogP contribution in [0.3, 0.4) is 0 Å². The van der Waals surface area contributed by atoms with E-state index in [-0.39, 0.29) is 53.2 Å². The highest BCUT2D eigenvalue weighted by molar-refractivity contribution is 6.31. The van der Waals surface area contributed by atoms with E-state index in [0.717, 1.165) is 68.8 Å². The lowest BCUT2D eigenvalue weighted by atomic mass is 9.49. The highest BCUT2D eigenvalue weighted by Crippen LogP contribution is 2.55. The Morgan fingerprint density at radius 3 is 2.39 bits per heavy atom. The van der Waals surface area contributed by atoms with Gasteiger partial charge in [-0.1, -0.05) is 50.4 Å². The van der Waals surface area contributed by atoms with Crippen LogP contribution < -0.4 is 25.8 Å². The number of anilines is 1. The number of amides is 3. The molecule has 0 spiro atoms. The first-order valence-electron chi connectivity index (χ1n) is 21.1. The second-order valence-electron chi connectivity index (χ2n) is 18.0. The van der Waals surface area contributed by atoms with Crippen LogP contribution in [-0.4, -0.2) is 87.5 Å². The highest BCUT2D eigenvalue weighted by Gasteiger charge is 2.64. The first-order valence-corrected chi connectivity index (χ1v) is 21.4. The minimum absolute atomic E-state index is 0.156. The molecule has 316 valence electrons. The second kappa shape index (κ2) is 16.9. The van der Waals surface area contributed by atoms with Gasteiger partial charge in [0.1, 0.15) is 35.2 Å². The number of rotatable bonds is 8. The molecule has 2 aromatic carbocycles. The standard InChI is InChI=1S/C46H50ClN9O5/c1-45(2)43(46(3,4)44(45)61-34-11-7-30(25-48)36(47)24-34)51-40(58)31-6-9-32(49-26-31)8-5-28-15-19-54(20-16-28)27-29-17-21-55(22-18-29)33-10-12-35-37(23-33)52-53-56(42(35)60)38-13-14-39(57)50-41(38)59/h6-7,9-12,23-24,26,28-29,38,43-44H,13-22,27H2,1-4H3,(H,51,58)(H,50,57,59). The number of piperidine rings is 3. The number of fused-ring (bicyclic) bond motifs is 1. The highest BCUT2D eigenvalue weighted by atomic mass is 35.5. The van der Waals surface area contributed by atoms with Crippen LogP contribution in [0, 0.1) is 45.8 Å². The third-order valence-electron chi connectivity index (χ3n) is 13.1.